The summed E-state index contributed by atoms with van der Waals surface area (Å²) >= 11 is 0. The number of carbonyl (C=O) groups excluding carboxylic acids is 3. The molecule has 198 valence electrons. The van der Waals surface area contributed by atoms with Crippen LogP contribution in [0.3, 0.4) is 0 Å². The molecule has 6 nitrogen and oxygen atoms in total. The van der Waals surface area contributed by atoms with Crippen molar-refractivity contribution in [3.05, 3.63) is 23.8 Å². The summed E-state index contributed by atoms with van der Waals surface area (Å²) in [6.07, 6.45) is 12.7. The zero-order valence-electron chi connectivity index (χ0n) is 22.0. The summed E-state index contributed by atoms with van der Waals surface area (Å²) in [7, 11) is 0. The fraction of sp³-hybridized carbons (Fsp3) is 0.767. The van der Waals surface area contributed by atoms with Crippen LogP contribution < -0.4 is 0 Å². The van der Waals surface area contributed by atoms with Crippen molar-refractivity contribution in [1.29, 1.82) is 0 Å². The van der Waals surface area contributed by atoms with Gasteiger partial charge in [-0.15, -0.1) is 0 Å². The van der Waals surface area contributed by atoms with Gasteiger partial charge in [-0.2, -0.15) is 0 Å². The van der Waals surface area contributed by atoms with Crippen LogP contribution in [0.15, 0.2) is 23.8 Å². The summed E-state index contributed by atoms with van der Waals surface area (Å²) in [6.45, 7) is 5.81. The molecule has 2 N–H and O–H groups in total. The zero-order chi connectivity index (χ0) is 25.9. The molecule has 0 aromatic heterocycles. The van der Waals surface area contributed by atoms with Crippen LogP contribution in [0.25, 0.3) is 0 Å². The molecule has 5 rings (SSSR count). The van der Waals surface area contributed by atoms with Gasteiger partial charge in [-0.25, -0.2) is 0 Å². The summed E-state index contributed by atoms with van der Waals surface area (Å²) in [5.41, 5.74) is -1.72. The van der Waals surface area contributed by atoms with E-state index in [1.165, 1.54) is 12.8 Å². The number of ether oxygens (including phenoxy) is 1. The van der Waals surface area contributed by atoms with E-state index in [1.54, 1.807) is 12.2 Å². The quantitative estimate of drug-likeness (QED) is 0.529. The molecule has 0 aromatic carbocycles. The Morgan fingerprint density at radius 2 is 1.89 bits per heavy atom. The number of Topliss-reactive ketones (excluding diaryl/α,β-unsaturated/α-hetero) is 1. The van der Waals surface area contributed by atoms with Crippen LogP contribution in [-0.2, 0) is 19.1 Å². The van der Waals surface area contributed by atoms with Crippen LogP contribution in [0.5, 0.6) is 0 Å². The third-order valence-corrected chi connectivity index (χ3v) is 11.0. The van der Waals surface area contributed by atoms with E-state index >= 15 is 0 Å². The third-order valence-electron chi connectivity index (χ3n) is 11.0. The number of carbonyl (C=O) groups is 3. The predicted molar refractivity (Wildman–Crippen MR) is 135 cm³/mol. The number of hydrogen-bond acceptors (Lipinski definition) is 6. The molecule has 6 heteroatoms. The highest BCUT2D eigenvalue weighted by Crippen LogP contribution is 2.67. The molecular weight excluding hydrogens is 456 g/mol. The van der Waals surface area contributed by atoms with Gasteiger partial charge in [-0.1, -0.05) is 58.1 Å². The molecule has 8 atom stereocenters. The molecule has 0 radical (unpaired) electrons. The van der Waals surface area contributed by atoms with Gasteiger partial charge < -0.3 is 14.9 Å². The van der Waals surface area contributed by atoms with Crippen molar-refractivity contribution in [3.8, 4) is 0 Å². The third kappa shape index (κ3) is 3.94. The molecule has 0 amide bonds. The number of ketones is 2. The lowest BCUT2D eigenvalue weighted by Crippen LogP contribution is -2.62. The Hall–Kier alpha value is -1.79. The minimum Gasteiger partial charge on any atom is -0.458 e. The van der Waals surface area contributed by atoms with E-state index in [0.29, 0.717) is 31.6 Å². The molecule has 0 spiro atoms. The molecule has 0 bridgehead atoms. The normalized spacial score (nSPS) is 44.0. The van der Waals surface area contributed by atoms with E-state index in [0.717, 1.165) is 31.3 Å². The van der Waals surface area contributed by atoms with Gasteiger partial charge in [0.15, 0.2) is 12.4 Å². The highest BCUT2D eigenvalue weighted by molar-refractivity contribution is 6.01. The van der Waals surface area contributed by atoms with Crippen LogP contribution in [0.1, 0.15) is 85.0 Å². The fourth-order valence-electron chi connectivity index (χ4n) is 9.17. The second-order valence-electron chi connectivity index (χ2n) is 12.9. The number of aliphatic hydroxyl groups excluding tert-OH is 1. The second kappa shape index (κ2) is 9.20. The van der Waals surface area contributed by atoms with E-state index in [1.807, 2.05) is 13.0 Å². The van der Waals surface area contributed by atoms with E-state index in [9.17, 15) is 24.6 Å². The topological polar surface area (TPSA) is 101 Å². The molecule has 4 saturated carbocycles. The molecule has 0 aliphatic heterocycles. The van der Waals surface area contributed by atoms with Crippen LogP contribution >= 0.6 is 0 Å². The maximum absolute atomic E-state index is 13.4. The monoisotopic (exact) mass is 498 g/mol. The van der Waals surface area contributed by atoms with E-state index in [4.69, 9.17) is 4.74 Å². The minimum atomic E-state index is -1.62. The van der Waals surface area contributed by atoms with Crippen molar-refractivity contribution in [1.82, 2.24) is 0 Å². The molecule has 8 unspecified atom stereocenters. The fourth-order valence-corrected chi connectivity index (χ4v) is 9.17. The highest BCUT2D eigenvalue weighted by Gasteiger charge is 2.68. The summed E-state index contributed by atoms with van der Waals surface area (Å²) in [5, 5.41) is 23.3. The number of rotatable bonds is 6. The first-order chi connectivity index (χ1) is 17.0. The standard InChI is InChI=1S/C30H42O6/c1-18-14-21-22-11-13-30(35,25(33)17-36-26(34)9-8-19-6-4-5-7-19)29(22,3)16-24(32)27(21)28(2)12-10-20(31)15-23(18)28/h10,12,15,18-19,21-22,24,27,32,35H,4-9,11,13-14,16-17H2,1-3H3. The Kier molecular flexibility index (Phi) is 6.60. The average molecular weight is 499 g/mol. The highest BCUT2D eigenvalue weighted by atomic mass is 16.5. The van der Waals surface area contributed by atoms with Crippen molar-refractivity contribution >= 4 is 17.5 Å². The van der Waals surface area contributed by atoms with Gasteiger partial charge in [0, 0.05) is 23.2 Å². The maximum atomic E-state index is 13.4. The molecule has 5 aliphatic carbocycles. The number of hydrogen-bond donors (Lipinski definition) is 2. The maximum Gasteiger partial charge on any atom is 0.306 e. The lowest BCUT2D eigenvalue weighted by atomic mass is 9.45. The molecular formula is C30H42O6. The van der Waals surface area contributed by atoms with Gasteiger partial charge in [0.25, 0.3) is 0 Å². The Balaban J connectivity index is 1.30. The van der Waals surface area contributed by atoms with Crippen molar-refractivity contribution in [3.63, 3.8) is 0 Å². The first-order valence-electron chi connectivity index (χ1n) is 14.0. The first-order valence-corrected chi connectivity index (χ1v) is 14.0. The van der Waals surface area contributed by atoms with Crippen LogP contribution in [-0.4, -0.2) is 46.1 Å². The summed E-state index contributed by atoms with van der Waals surface area (Å²) in [5.74, 6) is 0.102. The Labute approximate surface area is 214 Å². The van der Waals surface area contributed by atoms with Gasteiger partial charge >= 0.3 is 5.97 Å². The summed E-state index contributed by atoms with van der Waals surface area (Å²) in [4.78, 5) is 37.8. The Bertz CT molecular complexity index is 991. The predicted octanol–water partition coefficient (Wildman–Crippen LogP) is 4.32. The second-order valence-corrected chi connectivity index (χ2v) is 12.9. The van der Waals surface area contributed by atoms with Crippen molar-refractivity contribution < 1.29 is 29.3 Å². The van der Waals surface area contributed by atoms with E-state index < -0.39 is 34.9 Å². The van der Waals surface area contributed by atoms with Crippen LogP contribution in [0, 0.1) is 40.4 Å². The van der Waals surface area contributed by atoms with Gasteiger partial charge in [0.1, 0.15) is 5.60 Å². The smallest absolute Gasteiger partial charge is 0.306 e. The Morgan fingerprint density at radius 3 is 2.61 bits per heavy atom. The van der Waals surface area contributed by atoms with Crippen molar-refractivity contribution in [2.24, 2.45) is 40.4 Å². The largest absolute Gasteiger partial charge is 0.458 e. The van der Waals surface area contributed by atoms with Crippen molar-refractivity contribution in [2.45, 2.75) is 96.7 Å². The van der Waals surface area contributed by atoms with Gasteiger partial charge in [0.05, 0.1) is 6.10 Å². The SMILES string of the molecule is CC1CC2C(C(O)CC3(C)C2CCC3(O)C(=O)COC(=O)CCC2CCCC2)C2(C)C=CC(=O)C=C12. The molecule has 5 aliphatic rings. The molecule has 0 saturated heterocycles. The summed E-state index contributed by atoms with van der Waals surface area (Å²) in [6, 6.07) is 0. The summed E-state index contributed by atoms with van der Waals surface area (Å²) < 4.78 is 5.35. The number of fused-ring (bicyclic) bond motifs is 5. The number of aliphatic hydroxyl groups is 2. The van der Waals surface area contributed by atoms with Crippen LogP contribution in [0.2, 0.25) is 0 Å². The first kappa shape index (κ1) is 25.8. The number of allylic oxidation sites excluding steroid dienone is 4. The lowest BCUT2D eigenvalue weighted by molar-refractivity contribution is -0.182. The van der Waals surface area contributed by atoms with E-state index in [2.05, 4.69) is 13.8 Å². The van der Waals surface area contributed by atoms with Crippen molar-refractivity contribution in [2.75, 3.05) is 6.61 Å². The van der Waals surface area contributed by atoms with Crippen LogP contribution in [0.4, 0.5) is 0 Å². The van der Waals surface area contributed by atoms with Gasteiger partial charge in [-0.05, 0) is 67.9 Å². The molecule has 4 fully saturated rings. The zero-order valence-corrected chi connectivity index (χ0v) is 22.0. The Morgan fingerprint density at radius 1 is 1.17 bits per heavy atom. The minimum absolute atomic E-state index is 0.00143. The lowest BCUT2D eigenvalue weighted by Gasteiger charge is -2.60. The van der Waals surface area contributed by atoms with Gasteiger partial charge in [0.2, 0.25) is 5.78 Å². The molecule has 36 heavy (non-hydrogen) atoms. The molecule has 0 aromatic rings. The molecule has 0 heterocycles. The number of esters is 1. The van der Waals surface area contributed by atoms with Gasteiger partial charge in [-0.3, -0.25) is 14.4 Å². The average Bonchev–Trinajstić information content (AvgIpc) is 3.44. The van der Waals surface area contributed by atoms with E-state index in [-0.39, 0.29) is 35.4 Å².